The van der Waals surface area contributed by atoms with E-state index < -0.39 is 57.1 Å². The molecule has 4 aromatic rings. The quantitative estimate of drug-likeness (QED) is 0.0701. The van der Waals surface area contributed by atoms with E-state index in [1.54, 1.807) is 14.0 Å². The van der Waals surface area contributed by atoms with Crippen LogP contribution < -0.4 is 25.2 Å². The molecule has 16 nitrogen and oxygen atoms in total. The number of hydrogen-bond donors (Lipinski definition) is 3. The lowest BCUT2D eigenvalue weighted by Crippen LogP contribution is -2.53. The SMILES string of the molecule is COc1ccc2c(O[C@@H]3C[C@@H](C(N)=O)N(C(=O)[C@H](CCCCC/C=C\[C@@H]4CCCC4C(=O)NS(=O)(=O)C4CC4)NC(=O)c4nocc4C)C3)cc(-c3nc(C(C)C)cs3)nc2c1C. The van der Waals surface area contributed by atoms with Gasteiger partial charge >= 0.3 is 0 Å². The molecule has 4 amide bonds. The number of allylic oxidation sites excluding steroid dienone is 2. The van der Waals surface area contributed by atoms with Crippen molar-refractivity contribution in [3.8, 4) is 22.2 Å². The Hall–Kier alpha value is -5.36. The van der Waals surface area contributed by atoms with Crippen LogP contribution in [0.1, 0.15) is 118 Å². The number of sulfonamides is 1. The van der Waals surface area contributed by atoms with Gasteiger partial charge in [-0.2, -0.15) is 0 Å². The van der Waals surface area contributed by atoms with E-state index in [1.165, 1.54) is 22.5 Å². The van der Waals surface area contributed by atoms with Crippen LogP contribution in [0.25, 0.3) is 21.6 Å². The van der Waals surface area contributed by atoms with Crippen LogP contribution >= 0.6 is 11.3 Å². The number of nitrogens with one attached hydrogen (secondary N) is 2. The van der Waals surface area contributed by atoms with Crippen molar-refractivity contribution in [3.05, 3.63) is 64.5 Å². The van der Waals surface area contributed by atoms with Gasteiger partial charge in [0.1, 0.15) is 46.7 Å². The molecule has 0 radical (unpaired) electrons. The summed E-state index contributed by atoms with van der Waals surface area (Å²) >= 11 is 1.49. The average molecular weight is 904 g/mol. The molecule has 3 fully saturated rings. The first-order chi connectivity index (χ1) is 30.1. The van der Waals surface area contributed by atoms with Crippen molar-refractivity contribution < 1.29 is 41.6 Å². The molecule has 1 aromatic carbocycles. The Morgan fingerprint density at radius 1 is 1.06 bits per heavy atom. The summed E-state index contributed by atoms with van der Waals surface area (Å²) in [7, 11) is -1.99. The van der Waals surface area contributed by atoms with Gasteiger partial charge in [-0.3, -0.25) is 23.9 Å². The highest BCUT2D eigenvalue weighted by molar-refractivity contribution is 7.90. The Kier molecular flexibility index (Phi) is 14.2. The number of nitrogens with two attached hydrogens (primary N) is 1. The van der Waals surface area contributed by atoms with Gasteiger partial charge in [-0.05, 0) is 82.8 Å². The summed E-state index contributed by atoms with van der Waals surface area (Å²) in [6.45, 7) is 7.81. The molecule has 0 bridgehead atoms. The zero-order valence-corrected chi connectivity index (χ0v) is 38.1. The Bertz CT molecular complexity index is 2480. The maximum absolute atomic E-state index is 14.5. The number of likely N-dealkylation sites (tertiary alicyclic amines) is 1. The van der Waals surface area contributed by atoms with Crippen molar-refractivity contribution in [1.29, 1.82) is 0 Å². The molecule has 338 valence electrons. The van der Waals surface area contributed by atoms with Crippen molar-refractivity contribution in [2.75, 3.05) is 13.7 Å². The molecule has 7 rings (SSSR count). The van der Waals surface area contributed by atoms with Crippen LogP contribution in [0, 0.1) is 25.7 Å². The average Bonchev–Trinajstić information content (AvgIpc) is 3.58. The number of benzene rings is 1. The highest BCUT2D eigenvalue weighted by Crippen LogP contribution is 2.38. The van der Waals surface area contributed by atoms with Gasteiger partial charge in [0.2, 0.25) is 27.7 Å². The number of primary amides is 1. The second kappa shape index (κ2) is 19.6. The van der Waals surface area contributed by atoms with Gasteiger partial charge in [-0.1, -0.05) is 50.4 Å². The zero-order chi connectivity index (χ0) is 45.0. The van der Waals surface area contributed by atoms with Crippen molar-refractivity contribution >= 4 is 55.9 Å². The van der Waals surface area contributed by atoms with E-state index in [-0.39, 0.29) is 42.8 Å². The molecule has 3 aromatic heterocycles. The van der Waals surface area contributed by atoms with Crippen LogP contribution in [-0.4, -0.2) is 89.2 Å². The molecular weight excluding hydrogens is 847 g/mol. The Balaban J connectivity index is 1.03. The molecule has 4 N–H and O–H groups in total. The molecule has 2 aliphatic carbocycles. The van der Waals surface area contributed by atoms with Crippen LogP contribution in [-0.2, 0) is 24.4 Å². The summed E-state index contributed by atoms with van der Waals surface area (Å²) < 4.78 is 44.3. The van der Waals surface area contributed by atoms with E-state index in [1.807, 2.05) is 42.7 Å². The van der Waals surface area contributed by atoms with Crippen molar-refractivity contribution in [2.45, 2.75) is 128 Å². The number of aromatic nitrogens is 3. The number of fused-ring (bicyclic) bond motifs is 1. The second-order valence-corrected chi connectivity index (χ2v) is 20.1. The van der Waals surface area contributed by atoms with Gasteiger partial charge in [-0.25, -0.2) is 18.4 Å². The Morgan fingerprint density at radius 2 is 1.86 bits per heavy atom. The number of aryl methyl sites for hydroxylation is 2. The third-order valence-electron chi connectivity index (χ3n) is 12.3. The minimum absolute atomic E-state index is 0.0223. The number of thiazole rings is 1. The van der Waals surface area contributed by atoms with E-state index in [0.29, 0.717) is 54.0 Å². The predicted molar refractivity (Wildman–Crippen MR) is 238 cm³/mol. The Morgan fingerprint density at radius 3 is 2.54 bits per heavy atom. The molecule has 1 aliphatic heterocycles. The number of carbonyl (C=O) groups excluding carboxylic acids is 4. The first-order valence-electron chi connectivity index (χ1n) is 21.8. The first-order valence-corrected chi connectivity index (χ1v) is 24.2. The fraction of sp³-hybridized carbons (Fsp3) is 0.533. The lowest BCUT2D eigenvalue weighted by atomic mass is 9.94. The Labute approximate surface area is 371 Å². The van der Waals surface area contributed by atoms with Gasteiger partial charge in [0, 0.05) is 40.3 Å². The molecule has 2 saturated carbocycles. The monoisotopic (exact) mass is 903 g/mol. The van der Waals surface area contributed by atoms with Crippen molar-refractivity contribution in [1.82, 2.24) is 30.1 Å². The highest BCUT2D eigenvalue weighted by Gasteiger charge is 2.43. The van der Waals surface area contributed by atoms with Crippen molar-refractivity contribution in [2.24, 2.45) is 17.6 Å². The number of pyridine rings is 1. The molecule has 1 saturated heterocycles. The number of carbonyl (C=O) groups is 4. The number of hydrogen-bond acceptors (Lipinski definition) is 13. The minimum atomic E-state index is -3.59. The standard InChI is InChI=1S/C45H57N7O9S2/c1-25(2)35-24-62-44(49-35)34-21-38(32-18-19-37(59-5)27(4)40(32)47-34)61-29-20-36(41(46)53)52(22-29)45(56)33(48-43(55)39-26(3)23-60-50-39)15-10-8-6-7-9-12-28-13-11-14-31(28)42(54)51-63(57,58)30-16-17-30/h9,12,18-19,21,23-25,28-31,33,36H,6-8,10-11,13-17,20,22H2,1-5H3,(H2,46,53)(H,48,55)(H,51,54)/b12-9-/t28-,29-,31?,33+,36+/m1/s1. The molecular formula is C45H57N7O9S2. The summed E-state index contributed by atoms with van der Waals surface area (Å²) in [6, 6.07) is 3.57. The third kappa shape index (κ3) is 10.5. The normalized spacial score (nSPS) is 20.7. The summed E-state index contributed by atoms with van der Waals surface area (Å²) in [4.78, 5) is 65.0. The van der Waals surface area contributed by atoms with Crippen LogP contribution in [0.15, 0.2) is 46.5 Å². The molecule has 1 unspecified atom stereocenters. The fourth-order valence-electron chi connectivity index (χ4n) is 8.52. The zero-order valence-electron chi connectivity index (χ0n) is 36.4. The van der Waals surface area contributed by atoms with E-state index in [4.69, 9.17) is 29.7 Å². The smallest absolute Gasteiger partial charge is 0.274 e. The number of amides is 4. The van der Waals surface area contributed by atoms with Crippen LogP contribution in [0.5, 0.6) is 11.5 Å². The van der Waals surface area contributed by atoms with E-state index >= 15 is 0 Å². The lowest BCUT2D eigenvalue weighted by molar-refractivity contribution is -0.139. The minimum Gasteiger partial charge on any atom is -0.496 e. The summed E-state index contributed by atoms with van der Waals surface area (Å²) in [5.74, 6) is -1.11. The number of unbranched alkanes of at least 4 members (excludes halogenated alkanes) is 3. The fourth-order valence-corrected chi connectivity index (χ4v) is 10.8. The maximum Gasteiger partial charge on any atom is 0.274 e. The topological polar surface area (TPSA) is 226 Å². The summed E-state index contributed by atoms with van der Waals surface area (Å²) in [6.07, 6.45) is 11.5. The second-order valence-electron chi connectivity index (χ2n) is 17.3. The lowest BCUT2D eigenvalue weighted by Gasteiger charge is -2.27. The van der Waals surface area contributed by atoms with Gasteiger partial charge in [-0.15, -0.1) is 11.3 Å². The number of ether oxygens (including phenoxy) is 2. The largest absolute Gasteiger partial charge is 0.496 e. The number of nitrogens with zero attached hydrogens (tertiary/aromatic N) is 4. The van der Waals surface area contributed by atoms with Crippen LogP contribution in [0.2, 0.25) is 0 Å². The molecule has 63 heavy (non-hydrogen) atoms. The van der Waals surface area contributed by atoms with Gasteiger partial charge in [0.15, 0.2) is 5.69 Å². The van der Waals surface area contributed by atoms with Crippen LogP contribution in [0.4, 0.5) is 0 Å². The van der Waals surface area contributed by atoms with Gasteiger partial charge < -0.3 is 29.9 Å². The summed E-state index contributed by atoms with van der Waals surface area (Å²) in [5.41, 5.74) is 9.59. The van der Waals surface area contributed by atoms with Crippen LogP contribution in [0.3, 0.4) is 0 Å². The van der Waals surface area contributed by atoms with Gasteiger partial charge in [0.25, 0.3) is 5.91 Å². The van der Waals surface area contributed by atoms with E-state index in [9.17, 15) is 27.6 Å². The predicted octanol–water partition coefficient (Wildman–Crippen LogP) is 6.26. The molecule has 4 heterocycles. The number of rotatable bonds is 19. The van der Waals surface area contributed by atoms with E-state index in [2.05, 4.69) is 29.0 Å². The highest BCUT2D eigenvalue weighted by atomic mass is 32.2. The molecule has 5 atom stereocenters. The maximum atomic E-state index is 14.5. The van der Waals surface area contributed by atoms with E-state index in [0.717, 1.165) is 53.8 Å². The summed E-state index contributed by atoms with van der Waals surface area (Å²) in [5, 5.41) is 9.71. The molecule has 0 spiro atoms. The number of methoxy groups -OCH3 is 1. The third-order valence-corrected chi connectivity index (χ3v) is 15.0. The molecule has 18 heteroatoms. The van der Waals surface area contributed by atoms with Crippen molar-refractivity contribution in [3.63, 3.8) is 0 Å². The molecule has 3 aliphatic rings. The van der Waals surface area contributed by atoms with Gasteiger partial charge in [0.05, 0.1) is 30.1 Å². The first kappa shape index (κ1) is 45.7.